The fourth-order valence-electron chi connectivity index (χ4n) is 2.84. The third-order valence-electron chi connectivity index (χ3n) is 4.08. The minimum absolute atomic E-state index is 0.265. The lowest BCUT2D eigenvalue weighted by Gasteiger charge is -2.28. The van der Waals surface area contributed by atoms with Crippen molar-refractivity contribution in [3.8, 4) is 11.4 Å². The first-order chi connectivity index (χ1) is 11.8. The molecule has 4 heterocycles. The number of halogens is 1. The topological polar surface area (TPSA) is 67.7 Å². The molecule has 120 valence electrons. The summed E-state index contributed by atoms with van der Waals surface area (Å²) in [6.45, 7) is 2.10. The number of fused-ring (bicyclic) bond motifs is 1. The standard InChI is InChI=1S/C17H15FN6/c18-15-8-19-3-1-12(15)9-24-4-2-16-14(10-24)7-22-17(23-16)13-5-20-11-21-6-13/h1,3,5-8,11H,2,4,9-10H2. The molecule has 1 aliphatic heterocycles. The number of hydrogen-bond acceptors (Lipinski definition) is 6. The molecule has 3 aromatic rings. The Morgan fingerprint density at radius 2 is 1.96 bits per heavy atom. The molecule has 0 spiro atoms. The van der Waals surface area contributed by atoms with Gasteiger partial charge in [0.25, 0.3) is 0 Å². The van der Waals surface area contributed by atoms with Crippen molar-refractivity contribution in [3.05, 3.63) is 66.0 Å². The zero-order chi connectivity index (χ0) is 16.4. The molecule has 0 N–H and O–H groups in total. The summed E-state index contributed by atoms with van der Waals surface area (Å²) in [5, 5.41) is 0. The van der Waals surface area contributed by atoms with Crippen molar-refractivity contribution in [1.29, 1.82) is 0 Å². The molecule has 7 heteroatoms. The highest BCUT2D eigenvalue weighted by Crippen LogP contribution is 2.21. The van der Waals surface area contributed by atoms with Crippen molar-refractivity contribution in [3.63, 3.8) is 0 Å². The van der Waals surface area contributed by atoms with Crippen LogP contribution in [-0.2, 0) is 19.5 Å². The van der Waals surface area contributed by atoms with E-state index in [0.29, 0.717) is 24.5 Å². The molecular formula is C17H15FN6. The Labute approximate surface area is 138 Å². The number of hydrogen-bond donors (Lipinski definition) is 0. The molecule has 0 aliphatic carbocycles. The van der Waals surface area contributed by atoms with Crippen molar-refractivity contribution in [2.45, 2.75) is 19.5 Å². The SMILES string of the molecule is Fc1cnccc1CN1CCc2nc(-c3cncnc3)ncc2C1. The molecule has 0 bridgehead atoms. The van der Waals surface area contributed by atoms with Gasteiger partial charge in [0.1, 0.15) is 12.1 Å². The Hall–Kier alpha value is -2.80. The van der Waals surface area contributed by atoms with Crippen LogP contribution in [0.2, 0.25) is 0 Å². The molecule has 0 fully saturated rings. The van der Waals surface area contributed by atoms with Gasteiger partial charge in [-0.25, -0.2) is 24.3 Å². The Morgan fingerprint density at radius 1 is 1.08 bits per heavy atom. The van der Waals surface area contributed by atoms with Gasteiger partial charge in [-0.15, -0.1) is 0 Å². The molecule has 0 unspecified atom stereocenters. The largest absolute Gasteiger partial charge is 0.294 e. The summed E-state index contributed by atoms with van der Waals surface area (Å²) in [4.78, 5) is 23.0. The minimum Gasteiger partial charge on any atom is -0.294 e. The van der Waals surface area contributed by atoms with Gasteiger partial charge in [-0.2, -0.15) is 0 Å². The van der Waals surface area contributed by atoms with Crippen LogP contribution in [0, 0.1) is 5.82 Å². The Bertz CT molecular complexity index is 855. The predicted octanol–water partition coefficient (Wildman–Crippen LogP) is 2.03. The Morgan fingerprint density at radius 3 is 2.79 bits per heavy atom. The molecule has 0 saturated carbocycles. The molecule has 0 saturated heterocycles. The lowest BCUT2D eigenvalue weighted by Crippen LogP contribution is -2.31. The fraction of sp³-hybridized carbons (Fsp3) is 0.235. The van der Waals surface area contributed by atoms with E-state index in [2.05, 4.69) is 29.8 Å². The zero-order valence-electron chi connectivity index (χ0n) is 12.9. The number of pyridine rings is 1. The first-order valence-corrected chi connectivity index (χ1v) is 7.70. The van der Waals surface area contributed by atoms with Gasteiger partial charge in [-0.1, -0.05) is 0 Å². The van der Waals surface area contributed by atoms with E-state index in [1.165, 1.54) is 12.5 Å². The van der Waals surface area contributed by atoms with E-state index in [-0.39, 0.29) is 5.82 Å². The highest BCUT2D eigenvalue weighted by atomic mass is 19.1. The molecule has 0 radical (unpaired) electrons. The third-order valence-corrected chi connectivity index (χ3v) is 4.08. The summed E-state index contributed by atoms with van der Waals surface area (Å²) in [5.41, 5.74) is 3.58. The molecule has 6 nitrogen and oxygen atoms in total. The van der Waals surface area contributed by atoms with Gasteiger partial charge >= 0.3 is 0 Å². The van der Waals surface area contributed by atoms with Gasteiger partial charge in [-0.3, -0.25) is 9.88 Å². The maximum absolute atomic E-state index is 13.8. The second kappa shape index (κ2) is 6.37. The minimum atomic E-state index is -0.265. The average Bonchev–Trinajstić information content (AvgIpc) is 2.64. The zero-order valence-corrected chi connectivity index (χ0v) is 12.9. The summed E-state index contributed by atoms with van der Waals surface area (Å²) in [6.07, 6.45) is 10.4. The van der Waals surface area contributed by atoms with E-state index in [1.807, 2.05) is 6.20 Å². The van der Waals surface area contributed by atoms with Gasteiger partial charge in [0.15, 0.2) is 5.82 Å². The second-order valence-electron chi connectivity index (χ2n) is 5.72. The van der Waals surface area contributed by atoms with Crippen LogP contribution >= 0.6 is 0 Å². The van der Waals surface area contributed by atoms with Gasteiger partial charge < -0.3 is 0 Å². The van der Waals surface area contributed by atoms with Crippen LogP contribution in [0.15, 0.2) is 43.4 Å². The van der Waals surface area contributed by atoms with Gasteiger partial charge in [0.2, 0.25) is 0 Å². The van der Waals surface area contributed by atoms with Crippen LogP contribution in [-0.4, -0.2) is 36.4 Å². The second-order valence-corrected chi connectivity index (χ2v) is 5.72. The van der Waals surface area contributed by atoms with Crippen LogP contribution < -0.4 is 0 Å². The third kappa shape index (κ3) is 2.98. The first-order valence-electron chi connectivity index (χ1n) is 7.70. The molecule has 0 atom stereocenters. The van der Waals surface area contributed by atoms with E-state index >= 15 is 0 Å². The van der Waals surface area contributed by atoms with Crippen molar-refractivity contribution in [1.82, 2.24) is 29.8 Å². The number of rotatable bonds is 3. The quantitative estimate of drug-likeness (QED) is 0.735. The van der Waals surface area contributed by atoms with Crippen molar-refractivity contribution >= 4 is 0 Å². The van der Waals surface area contributed by atoms with Crippen LogP contribution in [0.3, 0.4) is 0 Å². The van der Waals surface area contributed by atoms with E-state index in [9.17, 15) is 4.39 Å². The molecule has 24 heavy (non-hydrogen) atoms. The van der Waals surface area contributed by atoms with Gasteiger partial charge in [-0.05, 0) is 6.07 Å². The van der Waals surface area contributed by atoms with Gasteiger partial charge in [0, 0.05) is 62.0 Å². The van der Waals surface area contributed by atoms with E-state index in [4.69, 9.17) is 0 Å². The van der Waals surface area contributed by atoms with Crippen molar-refractivity contribution in [2.24, 2.45) is 0 Å². The predicted molar refractivity (Wildman–Crippen MR) is 85.1 cm³/mol. The first kappa shape index (κ1) is 14.8. The normalized spacial score (nSPS) is 14.4. The van der Waals surface area contributed by atoms with Crippen molar-refractivity contribution in [2.75, 3.05) is 6.54 Å². The molecule has 3 aromatic heterocycles. The number of nitrogens with zero attached hydrogens (tertiary/aromatic N) is 6. The molecule has 4 rings (SSSR count). The lowest BCUT2D eigenvalue weighted by atomic mass is 10.1. The summed E-state index contributed by atoms with van der Waals surface area (Å²) in [6, 6.07) is 1.72. The Balaban J connectivity index is 1.53. The molecular weight excluding hydrogens is 307 g/mol. The molecule has 1 aliphatic rings. The van der Waals surface area contributed by atoms with Crippen LogP contribution in [0.4, 0.5) is 4.39 Å². The van der Waals surface area contributed by atoms with E-state index < -0.39 is 0 Å². The highest BCUT2D eigenvalue weighted by molar-refractivity contribution is 5.52. The van der Waals surface area contributed by atoms with Crippen LogP contribution in [0.1, 0.15) is 16.8 Å². The maximum atomic E-state index is 13.8. The molecule has 0 amide bonds. The summed E-state index contributed by atoms with van der Waals surface area (Å²) in [7, 11) is 0. The van der Waals surface area contributed by atoms with E-state index in [1.54, 1.807) is 24.7 Å². The summed E-state index contributed by atoms with van der Waals surface area (Å²) >= 11 is 0. The summed E-state index contributed by atoms with van der Waals surface area (Å²) in [5.74, 6) is 0.377. The highest BCUT2D eigenvalue weighted by Gasteiger charge is 2.20. The summed E-state index contributed by atoms with van der Waals surface area (Å²) < 4.78 is 13.8. The fourth-order valence-corrected chi connectivity index (χ4v) is 2.84. The average molecular weight is 322 g/mol. The van der Waals surface area contributed by atoms with Crippen molar-refractivity contribution < 1.29 is 4.39 Å². The Kier molecular flexibility index (Phi) is 3.92. The van der Waals surface area contributed by atoms with Crippen LogP contribution in [0.25, 0.3) is 11.4 Å². The van der Waals surface area contributed by atoms with E-state index in [0.717, 1.165) is 29.8 Å². The monoisotopic (exact) mass is 322 g/mol. The smallest absolute Gasteiger partial charge is 0.162 e. The lowest BCUT2D eigenvalue weighted by molar-refractivity contribution is 0.239. The van der Waals surface area contributed by atoms with Gasteiger partial charge in [0.05, 0.1) is 17.5 Å². The molecule has 0 aromatic carbocycles. The van der Waals surface area contributed by atoms with Crippen LogP contribution in [0.5, 0.6) is 0 Å². The number of aromatic nitrogens is 5. The maximum Gasteiger partial charge on any atom is 0.162 e.